The molecule has 0 saturated heterocycles. The van der Waals surface area contributed by atoms with E-state index in [1.165, 1.54) is 0 Å². The third kappa shape index (κ3) is 3.54. The maximum Gasteiger partial charge on any atom is 0.0965 e. The molecule has 0 aliphatic carbocycles. The molecule has 0 N–H and O–H groups in total. The van der Waals surface area contributed by atoms with E-state index in [9.17, 15) is 0 Å². The predicted molar refractivity (Wildman–Crippen MR) is 75.7 cm³/mol. The topological polar surface area (TPSA) is 25.8 Å². The third-order valence-corrected chi connectivity index (χ3v) is 3.90. The highest BCUT2D eigenvalue weighted by atomic mass is 32.2. The van der Waals surface area contributed by atoms with Crippen LogP contribution in [0.3, 0.4) is 0 Å². The second-order valence-electron chi connectivity index (χ2n) is 4.85. The minimum absolute atomic E-state index is 0.200. The van der Waals surface area contributed by atoms with Gasteiger partial charge in [-0.25, -0.2) is 9.97 Å². The summed E-state index contributed by atoms with van der Waals surface area (Å²) in [5.74, 6) is 0. The summed E-state index contributed by atoms with van der Waals surface area (Å²) >= 11 is 3.45. The molecule has 2 rings (SSSR count). The van der Waals surface area contributed by atoms with Crippen molar-refractivity contribution in [3.8, 4) is 11.3 Å². The molecule has 4 heteroatoms. The van der Waals surface area contributed by atoms with Crippen LogP contribution in [0.5, 0.6) is 0 Å². The van der Waals surface area contributed by atoms with Gasteiger partial charge in [-0.2, -0.15) is 0 Å². The van der Waals surface area contributed by atoms with Gasteiger partial charge in [-0.1, -0.05) is 20.8 Å². The zero-order valence-corrected chi connectivity index (χ0v) is 12.2. The standard InChI is InChI=1S/C13H16N2S2/c1-9-15-11(8-16-9)10-5-6-12(14-7-10)17-13(2,3)4/h5-8H,1-4H3. The first-order valence-electron chi connectivity index (χ1n) is 5.52. The molecule has 0 atom stereocenters. The summed E-state index contributed by atoms with van der Waals surface area (Å²) in [6.07, 6.45) is 1.91. The summed E-state index contributed by atoms with van der Waals surface area (Å²) in [5, 5.41) is 4.23. The van der Waals surface area contributed by atoms with Crippen molar-refractivity contribution in [3.05, 3.63) is 28.7 Å². The highest BCUT2D eigenvalue weighted by molar-refractivity contribution is 8.00. The zero-order chi connectivity index (χ0) is 12.5. The van der Waals surface area contributed by atoms with Crippen LogP contribution in [-0.2, 0) is 0 Å². The summed E-state index contributed by atoms with van der Waals surface area (Å²) in [6, 6.07) is 4.16. The summed E-state index contributed by atoms with van der Waals surface area (Å²) < 4.78 is 0.200. The Morgan fingerprint density at radius 3 is 2.47 bits per heavy atom. The summed E-state index contributed by atoms with van der Waals surface area (Å²) in [5.41, 5.74) is 2.11. The van der Waals surface area contributed by atoms with Crippen molar-refractivity contribution in [1.82, 2.24) is 9.97 Å². The Labute approximate surface area is 111 Å². The molecular formula is C13H16N2S2. The highest BCUT2D eigenvalue weighted by Crippen LogP contribution is 2.31. The highest BCUT2D eigenvalue weighted by Gasteiger charge is 2.13. The average molecular weight is 264 g/mol. The third-order valence-electron chi connectivity index (χ3n) is 2.06. The number of hydrogen-bond acceptors (Lipinski definition) is 4. The number of pyridine rings is 1. The van der Waals surface area contributed by atoms with Gasteiger partial charge in [-0.05, 0) is 19.1 Å². The van der Waals surface area contributed by atoms with Crippen LogP contribution in [-0.4, -0.2) is 14.7 Å². The Morgan fingerprint density at radius 1 is 1.24 bits per heavy atom. The van der Waals surface area contributed by atoms with Crippen LogP contribution in [0.1, 0.15) is 25.8 Å². The maximum atomic E-state index is 4.48. The van der Waals surface area contributed by atoms with E-state index in [4.69, 9.17) is 0 Å². The number of rotatable bonds is 2. The summed E-state index contributed by atoms with van der Waals surface area (Å²) in [4.78, 5) is 8.93. The van der Waals surface area contributed by atoms with Crippen LogP contribution in [0.25, 0.3) is 11.3 Å². The molecular weight excluding hydrogens is 248 g/mol. The molecule has 0 bridgehead atoms. The van der Waals surface area contributed by atoms with E-state index in [1.54, 1.807) is 23.1 Å². The van der Waals surface area contributed by atoms with Crippen LogP contribution < -0.4 is 0 Å². The van der Waals surface area contributed by atoms with Gasteiger partial charge >= 0.3 is 0 Å². The Balaban J connectivity index is 2.19. The van der Waals surface area contributed by atoms with Crippen molar-refractivity contribution in [2.45, 2.75) is 37.5 Å². The van der Waals surface area contributed by atoms with Crippen molar-refractivity contribution in [2.75, 3.05) is 0 Å². The number of nitrogens with zero attached hydrogens (tertiary/aromatic N) is 2. The molecule has 2 aromatic heterocycles. The van der Waals surface area contributed by atoms with E-state index >= 15 is 0 Å². The first kappa shape index (κ1) is 12.6. The van der Waals surface area contributed by atoms with Crippen molar-refractivity contribution < 1.29 is 0 Å². The van der Waals surface area contributed by atoms with Crippen LogP contribution >= 0.6 is 23.1 Å². The molecule has 2 aromatic rings. The van der Waals surface area contributed by atoms with E-state index in [0.717, 1.165) is 21.3 Å². The van der Waals surface area contributed by atoms with Gasteiger partial charge in [0.2, 0.25) is 0 Å². The van der Waals surface area contributed by atoms with Crippen molar-refractivity contribution >= 4 is 23.1 Å². The monoisotopic (exact) mass is 264 g/mol. The van der Waals surface area contributed by atoms with Gasteiger partial charge in [0.25, 0.3) is 0 Å². The smallest absolute Gasteiger partial charge is 0.0965 e. The van der Waals surface area contributed by atoms with Crippen LogP contribution in [0.15, 0.2) is 28.7 Å². The SMILES string of the molecule is Cc1nc(-c2ccc(SC(C)(C)C)nc2)cs1. The van der Waals surface area contributed by atoms with E-state index in [2.05, 4.69) is 48.3 Å². The normalized spacial score (nSPS) is 11.8. The largest absolute Gasteiger partial charge is 0.249 e. The molecule has 0 fully saturated rings. The van der Waals surface area contributed by atoms with E-state index in [0.29, 0.717) is 0 Å². The van der Waals surface area contributed by atoms with Gasteiger partial charge in [0.1, 0.15) is 0 Å². The van der Waals surface area contributed by atoms with Crippen LogP contribution in [0.2, 0.25) is 0 Å². The molecule has 0 amide bonds. The van der Waals surface area contributed by atoms with Gasteiger partial charge in [0.15, 0.2) is 0 Å². The zero-order valence-electron chi connectivity index (χ0n) is 10.5. The lowest BCUT2D eigenvalue weighted by Crippen LogP contribution is -2.07. The molecule has 0 radical (unpaired) electrons. The second-order valence-corrected chi connectivity index (χ2v) is 7.76. The van der Waals surface area contributed by atoms with Crippen LogP contribution in [0.4, 0.5) is 0 Å². The molecule has 2 nitrogen and oxygen atoms in total. The molecule has 0 aliphatic heterocycles. The predicted octanol–water partition coefficient (Wildman–Crippen LogP) is 4.40. The van der Waals surface area contributed by atoms with E-state index in [-0.39, 0.29) is 4.75 Å². The Morgan fingerprint density at radius 2 is 2.00 bits per heavy atom. The molecule has 0 aliphatic rings. The molecule has 0 saturated carbocycles. The molecule has 17 heavy (non-hydrogen) atoms. The van der Waals surface area contributed by atoms with Gasteiger partial charge < -0.3 is 0 Å². The minimum Gasteiger partial charge on any atom is -0.249 e. The van der Waals surface area contributed by atoms with Crippen molar-refractivity contribution in [1.29, 1.82) is 0 Å². The first-order chi connectivity index (χ1) is 7.94. The lowest BCUT2D eigenvalue weighted by Gasteiger charge is -2.16. The molecule has 0 aromatic carbocycles. The molecule has 2 heterocycles. The molecule has 0 spiro atoms. The lowest BCUT2D eigenvalue weighted by atomic mass is 10.2. The van der Waals surface area contributed by atoms with Gasteiger partial charge in [-0.15, -0.1) is 23.1 Å². The maximum absolute atomic E-state index is 4.48. The lowest BCUT2D eigenvalue weighted by molar-refractivity contribution is 0.799. The number of thiazole rings is 1. The number of thioether (sulfide) groups is 1. The molecule has 0 unspecified atom stereocenters. The quantitative estimate of drug-likeness (QED) is 0.752. The Hall–Kier alpha value is -0.870. The number of aromatic nitrogens is 2. The average Bonchev–Trinajstić information content (AvgIpc) is 2.63. The van der Waals surface area contributed by atoms with Crippen molar-refractivity contribution in [2.24, 2.45) is 0 Å². The fraction of sp³-hybridized carbons (Fsp3) is 0.385. The molecule has 90 valence electrons. The first-order valence-corrected chi connectivity index (χ1v) is 7.21. The van der Waals surface area contributed by atoms with Crippen LogP contribution in [0, 0.1) is 6.92 Å². The van der Waals surface area contributed by atoms with E-state index in [1.807, 2.05) is 13.1 Å². The summed E-state index contributed by atoms with van der Waals surface area (Å²) in [7, 11) is 0. The minimum atomic E-state index is 0.200. The number of hydrogen-bond donors (Lipinski definition) is 0. The Kier molecular flexibility index (Phi) is 3.54. The van der Waals surface area contributed by atoms with Crippen molar-refractivity contribution in [3.63, 3.8) is 0 Å². The van der Waals surface area contributed by atoms with Gasteiger partial charge in [-0.3, -0.25) is 0 Å². The summed E-state index contributed by atoms with van der Waals surface area (Å²) in [6.45, 7) is 8.59. The van der Waals surface area contributed by atoms with Gasteiger partial charge in [0, 0.05) is 21.9 Å². The van der Waals surface area contributed by atoms with Gasteiger partial charge in [0.05, 0.1) is 15.7 Å². The number of aryl methyl sites for hydroxylation is 1. The fourth-order valence-electron chi connectivity index (χ4n) is 1.40. The van der Waals surface area contributed by atoms with E-state index < -0.39 is 0 Å². The second kappa shape index (κ2) is 4.78. The Bertz CT molecular complexity index is 495. The fourth-order valence-corrected chi connectivity index (χ4v) is 2.89.